The van der Waals surface area contributed by atoms with Crippen LogP contribution in [0.25, 0.3) is 0 Å². The summed E-state index contributed by atoms with van der Waals surface area (Å²) in [6.45, 7) is 2.08. The zero-order chi connectivity index (χ0) is 12.3. The number of aromatic nitrogens is 2. The van der Waals surface area contributed by atoms with Gasteiger partial charge < -0.3 is 9.84 Å². The second kappa shape index (κ2) is 4.60. The number of rotatable bonds is 4. The lowest BCUT2D eigenvalue weighted by Gasteiger charge is -2.07. The number of hydrogen-bond acceptors (Lipinski definition) is 6. The number of aryl methyl sites for hydroxylation is 1. The standard InChI is InChI=1S/C10H10N4O3/c1-7-3-2-4-8(14(15)16)10(7)11-5-9-12-6-17-13-9/h2-4,6,11H,5H2,1H3. The van der Waals surface area contributed by atoms with E-state index >= 15 is 0 Å². The molecule has 0 amide bonds. The highest BCUT2D eigenvalue weighted by molar-refractivity contribution is 5.65. The van der Waals surface area contributed by atoms with E-state index in [1.165, 1.54) is 12.5 Å². The molecule has 0 fully saturated rings. The Morgan fingerprint density at radius 1 is 1.53 bits per heavy atom. The lowest BCUT2D eigenvalue weighted by Crippen LogP contribution is -2.05. The molecule has 0 unspecified atom stereocenters. The van der Waals surface area contributed by atoms with Crippen LogP contribution in [0.1, 0.15) is 11.4 Å². The zero-order valence-corrected chi connectivity index (χ0v) is 9.08. The largest absolute Gasteiger partial charge is 0.372 e. The van der Waals surface area contributed by atoms with Crippen LogP contribution in [0, 0.1) is 17.0 Å². The molecule has 1 aromatic heterocycles. The van der Waals surface area contributed by atoms with Crippen molar-refractivity contribution >= 4 is 11.4 Å². The number of hydrogen-bond donors (Lipinski definition) is 1. The molecule has 0 atom stereocenters. The van der Waals surface area contributed by atoms with Gasteiger partial charge in [-0.05, 0) is 12.5 Å². The number of para-hydroxylation sites is 1. The minimum absolute atomic E-state index is 0.0356. The van der Waals surface area contributed by atoms with Gasteiger partial charge in [0.05, 0.1) is 11.5 Å². The maximum Gasteiger partial charge on any atom is 0.292 e. The molecule has 1 heterocycles. The fourth-order valence-electron chi connectivity index (χ4n) is 1.47. The first-order valence-electron chi connectivity index (χ1n) is 4.91. The number of nitro groups is 1. The van der Waals surface area contributed by atoms with Gasteiger partial charge in [-0.15, -0.1) is 0 Å². The van der Waals surface area contributed by atoms with E-state index in [1.807, 2.05) is 0 Å². The molecule has 1 N–H and O–H groups in total. The van der Waals surface area contributed by atoms with Crippen molar-refractivity contribution in [3.8, 4) is 0 Å². The van der Waals surface area contributed by atoms with Crippen LogP contribution in [-0.4, -0.2) is 15.1 Å². The lowest BCUT2D eigenvalue weighted by atomic mass is 10.1. The van der Waals surface area contributed by atoms with E-state index < -0.39 is 4.92 Å². The van der Waals surface area contributed by atoms with Crippen LogP contribution in [0.5, 0.6) is 0 Å². The SMILES string of the molecule is Cc1cccc([N+](=O)[O-])c1NCc1ncon1. The third kappa shape index (κ3) is 2.39. The fraction of sp³-hybridized carbons (Fsp3) is 0.200. The average Bonchev–Trinajstić information content (AvgIpc) is 2.80. The topological polar surface area (TPSA) is 94.1 Å². The summed E-state index contributed by atoms with van der Waals surface area (Å²) >= 11 is 0. The summed E-state index contributed by atoms with van der Waals surface area (Å²) in [4.78, 5) is 14.3. The first-order valence-corrected chi connectivity index (χ1v) is 4.91. The highest BCUT2D eigenvalue weighted by Crippen LogP contribution is 2.27. The molecular weight excluding hydrogens is 224 g/mol. The van der Waals surface area contributed by atoms with Gasteiger partial charge >= 0.3 is 0 Å². The molecule has 0 aliphatic rings. The summed E-state index contributed by atoms with van der Waals surface area (Å²) in [7, 11) is 0. The van der Waals surface area contributed by atoms with Crippen LogP contribution >= 0.6 is 0 Å². The van der Waals surface area contributed by atoms with E-state index in [2.05, 4.69) is 20.0 Å². The monoisotopic (exact) mass is 234 g/mol. The van der Waals surface area contributed by atoms with Crippen molar-refractivity contribution in [3.63, 3.8) is 0 Å². The molecule has 2 rings (SSSR count). The molecule has 7 heteroatoms. The maximum atomic E-state index is 10.9. The molecule has 0 bridgehead atoms. The number of nitro benzene ring substituents is 1. The van der Waals surface area contributed by atoms with Crippen LogP contribution < -0.4 is 5.32 Å². The van der Waals surface area contributed by atoms with Gasteiger partial charge in [-0.2, -0.15) is 4.98 Å². The molecule has 17 heavy (non-hydrogen) atoms. The smallest absolute Gasteiger partial charge is 0.292 e. The van der Waals surface area contributed by atoms with Crippen LogP contribution in [0.2, 0.25) is 0 Å². The lowest BCUT2D eigenvalue weighted by molar-refractivity contribution is -0.384. The van der Waals surface area contributed by atoms with E-state index in [0.717, 1.165) is 5.56 Å². The van der Waals surface area contributed by atoms with Crippen molar-refractivity contribution in [1.29, 1.82) is 0 Å². The summed E-state index contributed by atoms with van der Waals surface area (Å²) in [5.41, 5.74) is 1.30. The number of anilines is 1. The molecule has 0 aliphatic heterocycles. The predicted octanol–water partition coefficient (Wildman–Crippen LogP) is 1.90. The molecule has 88 valence electrons. The minimum atomic E-state index is -0.425. The van der Waals surface area contributed by atoms with Gasteiger partial charge in [0.15, 0.2) is 5.82 Å². The van der Waals surface area contributed by atoms with Crippen LogP contribution in [0.3, 0.4) is 0 Å². The third-order valence-electron chi connectivity index (χ3n) is 2.28. The van der Waals surface area contributed by atoms with Crippen LogP contribution in [-0.2, 0) is 6.54 Å². The second-order valence-corrected chi connectivity index (χ2v) is 3.43. The van der Waals surface area contributed by atoms with E-state index in [9.17, 15) is 10.1 Å². The molecule has 0 aliphatic carbocycles. The zero-order valence-electron chi connectivity index (χ0n) is 9.08. The minimum Gasteiger partial charge on any atom is -0.372 e. The van der Waals surface area contributed by atoms with Crippen molar-refractivity contribution in [1.82, 2.24) is 10.1 Å². The van der Waals surface area contributed by atoms with Gasteiger partial charge in [0, 0.05) is 6.07 Å². The van der Waals surface area contributed by atoms with Crippen LogP contribution in [0.15, 0.2) is 29.1 Å². The normalized spacial score (nSPS) is 10.2. The summed E-state index contributed by atoms with van der Waals surface area (Å²) in [6.07, 6.45) is 1.21. The molecule has 2 aromatic rings. The number of nitrogens with one attached hydrogen (secondary N) is 1. The Bertz CT molecular complexity index is 524. The van der Waals surface area contributed by atoms with Gasteiger partial charge in [-0.1, -0.05) is 17.3 Å². The third-order valence-corrected chi connectivity index (χ3v) is 2.28. The average molecular weight is 234 g/mol. The number of benzene rings is 1. The summed E-state index contributed by atoms with van der Waals surface area (Å²) in [6, 6.07) is 4.89. The second-order valence-electron chi connectivity index (χ2n) is 3.43. The fourth-order valence-corrected chi connectivity index (χ4v) is 1.47. The first kappa shape index (κ1) is 11.1. The molecule has 0 spiro atoms. The highest BCUT2D eigenvalue weighted by atomic mass is 16.6. The van der Waals surface area contributed by atoms with E-state index in [4.69, 9.17) is 0 Å². The van der Waals surface area contributed by atoms with Gasteiger partial charge in [-0.25, -0.2) is 0 Å². The Morgan fingerprint density at radius 3 is 3.00 bits per heavy atom. The van der Waals surface area contributed by atoms with Gasteiger partial charge in [-0.3, -0.25) is 10.1 Å². The molecule has 0 radical (unpaired) electrons. The van der Waals surface area contributed by atoms with Gasteiger partial charge in [0.25, 0.3) is 5.69 Å². The Labute approximate surface area is 96.6 Å². The van der Waals surface area contributed by atoms with Crippen molar-refractivity contribution in [3.05, 3.63) is 46.1 Å². The maximum absolute atomic E-state index is 10.9. The molecule has 7 nitrogen and oxygen atoms in total. The van der Waals surface area contributed by atoms with E-state index in [1.54, 1.807) is 19.1 Å². The quantitative estimate of drug-likeness (QED) is 0.641. The highest BCUT2D eigenvalue weighted by Gasteiger charge is 2.15. The molecule has 0 saturated carbocycles. The van der Waals surface area contributed by atoms with Crippen molar-refractivity contribution < 1.29 is 9.45 Å². The molecule has 1 aromatic carbocycles. The summed E-state index contributed by atoms with van der Waals surface area (Å²) in [5, 5.41) is 17.4. The van der Waals surface area contributed by atoms with Crippen molar-refractivity contribution in [2.75, 3.05) is 5.32 Å². The van der Waals surface area contributed by atoms with E-state index in [-0.39, 0.29) is 12.2 Å². The molecular formula is C10H10N4O3. The Hall–Kier alpha value is -2.44. The van der Waals surface area contributed by atoms with Gasteiger partial charge in [0.1, 0.15) is 5.69 Å². The predicted molar refractivity (Wildman–Crippen MR) is 59.5 cm³/mol. The summed E-state index contributed by atoms with van der Waals surface area (Å²) in [5.74, 6) is 0.447. The first-order chi connectivity index (χ1) is 8.18. The van der Waals surface area contributed by atoms with Gasteiger partial charge in [0.2, 0.25) is 6.39 Å². The Kier molecular flexibility index (Phi) is 2.99. The molecule has 0 saturated heterocycles. The number of nitrogens with zero attached hydrogens (tertiary/aromatic N) is 3. The Balaban J connectivity index is 2.22. The van der Waals surface area contributed by atoms with Crippen molar-refractivity contribution in [2.24, 2.45) is 0 Å². The van der Waals surface area contributed by atoms with Crippen molar-refractivity contribution in [2.45, 2.75) is 13.5 Å². The van der Waals surface area contributed by atoms with E-state index in [0.29, 0.717) is 11.5 Å². The summed E-state index contributed by atoms with van der Waals surface area (Å²) < 4.78 is 4.58. The van der Waals surface area contributed by atoms with Crippen LogP contribution in [0.4, 0.5) is 11.4 Å². The Morgan fingerprint density at radius 2 is 2.35 bits per heavy atom.